The Bertz CT molecular complexity index is 306. The van der Waals surface area contributed by atoms with Crippen molar-refractivity contribution in [3.8, 4) is 0 Å². The van der Waals surface area contributed by atoms with Gasteiger partial charge in [0.25, 0.3) is 0 Å². The molecule has 0 saturated carbocycles. The highest BCUT2D eigenvalue weighted by molar-refractivity contribution is 6.28. The van der Waals surface area contributed by atoms with Crippen LogP contribution in [0.1, 0.15) is 37.0 Å². The van der Waals surface area contributed by atoms with Crippen LogP contribution in [0.25, 0.3) is 0 Å². The first-order valence-electron chi connectivity index (χ1n) is 4.72. The molecule has 0 radical (unpaired) electrons. The molecule has 0 fully saturated rings. The maximum atomic E-state index is 5.89. The highest BCUT2D eigenvalue weighted by Gasteiger charge is 2.27. The summed E-state index contributed by atoms with van der Waals surface area (Å²) < 4.78 is 5.47. The summed E-state index contributed by atoms with van der Waals surface area (Å²) in [5.41, 5.74) is 7.14. The lowest BCUT2D eigenvalue weighted by Gasteiger charge is -2.23. The number of furan rings is 1. The van der Waals surface area contributed by atoms with Gasteiger partial charge in [-0.15, -0.1) is 0 Å². The minimum atomic E-state index is 0.154. The van der Waals surface area contributed by atoms with Crippen molar-refractivity contribution in [3.63, 3.8) is 0 Å². The predicted molar refractivity (Wildman–Crippen MR) is 53.0 cm³/mol. The third kappa shape index (κ3) is 1.61. The molecule has 2 unspecified atom stereocenters. The van der Waals surface area contributed by atoms with Gasteiger partial charge < -0.3 is 10.2 Å². The molecule has 0 saturated heterocycles. The van der Waals surface area contributed by atoms with E-state index < -0.39 is 0 Å². The van der Waals surface area contributed by atoms with E-state index in [4.69, 9.17) is 21.8 Å². The number of hydrogen-bond donors (Lipinski definition) is 1. The SMILES string of the molecule is CC(N)C1CCCc2cc(Cl)oc21. The van der Waals surface area contributed by atoms with Crippen LogP contribution in [0.2, 0.25) is 5.22 Å². The van der Waals surface area contributed by atoms with Crippen LogP contribution in [0, 0.1) is 0 Å². The lowest BCUT2D eigenvalue weighted by atomic mass is 9.85. The van der Waals surface area contributed by atoms with Gasteiger partial charge in [-0.1, -0.05) is 0 Å². The first kappa shape index (κ1) is 9.10. The van der Waals surface area contributed by atoms with E-state index in [1.807, 2.05) is 13.0 Å². The molecule has 2 atom stereocenters. The second kappa shape index (κ2) is 3.35. The van der Waals surface area contributed by atoms with Crippen molar-refractivity contribution in [1.82, 2.24) is 0 Å². The lowest BCUT2D eigenvalue weighted by molar-refractivity contribution is 0.384. The van der Waals surface area contributed by atoms with Crippen LogP contribution < -0.4 is 5.73 Å². The number of fused-ring (bicyclic) bond motifs is 1. The van der Waals surface area contributed by atoms with E-state index in [-0.39, 0.29) is 6.04 Å². The Hall–Kier alpha value is -0.470. The Labute approximate surface area is 83.1 Å². The van der Waals surface area contributed by atoms with E-state index in [1.165, 1.54) is 12.0 Å². The average molecular weight is 200 g/mol. The molecule has 2 rings (SSSR count). The van der Waals surface area contributed by atoms with Gasteiger partial charge in [-0.25, -0.2) is 0 Å². The molecule has 2 nitrogen and oxygen atoms in total. The van der Waals surface area contributed by atoms with Crippen molar-refractivity contribution in [2.75, 3.05) is 0 Å². The van der Waals surface area contributed by atoms with E-state index in [0.29, 0.717) is 11.1 Å². The highest BCUT2D eigenvalue weighted by Crippen LogP contribution is 2.36. The van der Waals surface area contributed by atoms with Crippen LogP contribution in [-0.4, -0.2) is 6.04 Å². The van der Waals surface area contributed by atoms with Crippen LogP contribution in [0.5, 0.6) is 0 Å². The molecular formula is C10H14ClNO. The fraction of sp³-hybridized carbons (Fsp3) is 0.600. The van der Waals surface area contributed by atoms with Crippen LogP contribution in [0.4, 0.5) is 0 Å². The second-order valence-electron chi connectivity index (χ2n) is 3.80. The Kier molecular flexibility index (Phi) is 2.35. The number of aryl methyl sites for hydroxylation is 1. The Morgan fingerprint density at radius 3 is 3.15 bits per heavy atom. The number of halogens is 1. The minimum Gasteiger partial charge on any atom is -0.449 e. The van der Waals surface area contributed by atoms with Crippen LogP contribution in [-0.2, 0) is 6.42 Å². The number of rotatable bonds is 1. The zero-order chi connectivity index (χ0) is 9.42. The maximum absolute atomic E-state index is 5.89. The van der Waals surface area contributed by atoms with E-state index >= 15 is 0 Å². The summed E-state index contributed by atoms with van der Waals surface area (Å²) in [6.45, 7) is 2.02. The van der Waals surface area contributed by atoms with E-state index in [0.717, 1.165) is 18.6 Å². The Morgan fingerprint density at radius 2 is 2.46 bits per heavy atom. The van der Waals surface area contributed by atoms with Gasteiger partial charge in [0.15, 0.2) is 5.22 Å². The van der Waals surface area contributed by atoms with Crippen molar-refractivity contribution in [3.05, 3.63) is 22.6 Å². The molecule has 1 aromatic heterocycles. The molecule has 1 heterocycles. The first-order valence-corrected chi connectivity index (χ1v) is 5.10. The molecule has 1 aliphatic carbocycles. The van der Waals surface area contributed by atoms with Gasteiger partial charge in [-0.05, 0) is 49.4 Å². The standard InChI is InChI=1S/C10H14ClNO/c1-6(12)8-4-2-3-7-5-9(11)13-10(7)8/h5-6,8H,2-4,12H2,1H3. The number of nitrogens with two attached hydrogens (primary N) is 1. The van der Waals surface area contributed by atoms with Gasteiger partial charge in [0.05, 0.1) is 0 Å². The molecule has 0 spiro atoms. The van der Waals surface area contributed by atoms with Crippen molar-refractivity contribution < 1.29 is 4.42 Å². The van der Waals surface area contributed by atoms with Gasteiger partial charge in [-0.3, -0.25) is 0 Å². The highest BCUT2D eigenvalue weighted by atomic mass is 35.5. The van der Waals surface area contributed by atoms with Gasteiger partial charge in [0.2, 0.25) is 0 Å². The summed E-state index contributed by atoms with van der Waals surface area (Å²) in [7, 11) is 0. The summed E-state index contributed by atoms with van der Waals surface area (Å²) in [6, 6.07) is 2.08. The van der Waals surface area contributed by atoms with Crippen LogP contribution in [0.3, 0.4) is 0 Å². The van der Waals surface area contributed by atoms with E-state index in [1.54, 1.807) is 0 Å². The third-order valence-corrected chi connectivity index (χ3v) is 2.93. The summed E-state index contributed by atoms with van der Waals surface area (Å²) in [5, 5.41) is 0.498. The molecule has 0 amide bonds. The van der Waals surface area contributed by atoms with Gasteiger partial charge in [-0.2, -0.15) is 0 Å². The minimum absolute atomic E-state index is 0.154. The molecule has 2 N–H and O–H groups in total. The second-order valence-corrected chi connectivity index (χ2v) is 4.17. The molecule has 1 aromatic rings. The maximum Gasteiger partial charge on any atom is 0.193 e. The Balaban J connectivity index is 2.36. The molecule has 0 bridgehead atoms. The summed E-state index contributed by atoms with van der Waals surface area (Å²) in [6.07, 6.45) is 3.39. The molecular weight excluding hydrogens is 186 g/mol. The largest absolute Gasteiger partial charge is 0.449 e. The van der Waals surface area contributed by atoms with Crippen molar-refractivity contribution >= 4 is 11.6 Å². The van der Waals surface area contributed by atoms with E-state index in [9.17, 15) is 0 Å². The van der Waals surface area contributed by atoms with Crippen molar-refractivity contribution in [2.24, 2.45) is 5.73 Å². The molecule has 0 aliphatic heterocycles. The monoisotopic (exact) mass is 199 g/mol. The lowest BCUT2D eigenvalue weighted by Crippen LogP contribution is -2.27. The summed E-state index contributed by atoms with van der Waals surface area (Å²) >= 11 is 5.81. The fourth-order valence-corrected chi connectivity index (χ4v) is 2.28. The molecule has 0 aromatic carbocycles. The van der Waals surface area contributed by atoms with Crippen LogP contribution >= 0.6 is 11.6 Å². The molecule has 72 valence electrons. The topological polar surface area (TPSA) is 39.2 Å². The van der Waals surface area contributed by atoms with Gasteiger partial charge >= 0.3 is 0 Å². The third-order valence-electron chi connectivity index (χ3n) is 2.74. The average Bonchev–Trinajstić information content (AvgIpc) is 2.43. The van der Waals surface area contributed by atoms with Crippen molar-refractivity contribution in [2.45, 2.75) is 38.1 Å². The normalized spacial score (nSPS) is 24.1. The summed E-state index contributed by atoms with van der Waals surface area (Å²) in [5.74, 6) is 1.38. The van der Waals surface area contributed by atoms with Crippen LogP contribution in [0.15, 0.2) is 10.5 Å². The van der Waals surface area contributed by atoms with Gasteiger partial charge in [0, 0.05) is 12.0 Å². The first-order chi connectivity index (χ1) is 6.18. The molecule has 13 heavy (non-hydrogen) atoms. The quantitative estimate of drug-likeness (QED) is 0.756. The summed E-state index contributed by atoms with van der Waals surface area (Å²) in [4.78, 5) is 0. The number of hydrogen-bond acceptors (Lipinski definition) is 2. The Morgan fingerprint density at radius 1 is 1.69 bits per heavy atom. The zero-order valence-electron chi connectivity index (χ0n) is 7.72. The fourth-order valence-electron chi connectivity index (χ4n) is 2.06. The predicted octanol–water partition coefficient (Wildman–Crippen LogP) is 2.70. The van der Waals surface area contributed by atoms with Gasteiger partial charge in [0.1, 0.15) is 5.76 Å². The smallest absolute Gasteiger partial charge is 0.193 e. The van der Waals surface area contributed by atoms with Crippen molar-refractivity contribution in [1.29, 1.82) is 0 Å². The zero-order valence-corrected chi connectivity index (χ0v) is 8.47. The molecule has 1 aliphatic rings. The van der Waals surface area contributed by atoms with E-state index in [2.05, 4.69) is 0 Å². The molecule has 3 heteroatoms.